The first-order chi connectivity index (χ1) is 5.95. The largest absolute Gasteiger partial charge is 1.00 e. The molecule has 17 heavy (non-hydrogen) atoms. The van der Waals surface area contributed by atoms with Crippen molar-refractivity contribution in [2.45, 2.75) is 6.92 Å². The van der Waals surface area contributed by atoms with Crippen molar-refractivity contribution < 1.29 is 59.0 Å². The molecule has 0 saturated carbocycles. The Balaban J connectivity index is -0.0000000462. The van der Waals surface area contributed by atoms with E-state index in [9.17, 15) is 13.0 Å². The molecule has 0 heterocycles. The Morgan fingerprint density at radius 2 is 1.41 bits per heavy atom. The Morgan fingerprint density at radius 3 is 1.53 bits per heavy atom. The summed E-state index contributed by atoms with van der Waals surface area (Å²) in [5.41, 5.74) is 1.32. The van der Waals surface area contributed by atoms with Gasteiger partial charge in [-0.1, -0.05) is 35.9 Å². The molecule has 0 aliphatic rings. The number of aryl methyl sites for hydroxylation is 1. The average Bonchev–Trinajstić information content (AvgIpc) is 2.06. The molecular formula is C7H15BrNNaO6S. The number of hydrogen-bond acceptors (Lipinski definition) is 3. The molecule has 0 aromatic heterocycles. The van der Waals surface area contributed by atoms with Gasteiger partial charge < -0.3 is 21.0 Å². The van der Waals surface area contributed by atoms with Gasteiger partial charge in [-0.25, -0.2) is 8.42 Å². The van der Waals surface area contributed by atoms with Gasteiger partial charge >= 0.3 is 29.6 Å². The first kappa shape index (κ1) is 30.5. The molecule has 0 fully saturated rings. The van der Waals surface area contributed by atoms with Crippen LogP contribution in [0.1, 0.15) is 5.56 Å². The smallest absolute Gasteiger partial charge is 0.735 e. The molecule has 1 aromatic rings. The third-order valence-corrected chi connectivity index (χ3v) is 2.41. The third-order valence-electron chi connectivity index (χ3n) is 1.03. The first-order valence-electron chi connectivity index (χ1n) is 3.30. The minimum atomic E-state index is -4.25. The van der Waals surface area contributed by atoms with Crippen LogP contribution in [0, 0.1) is 6.92 Å². The normalized spacial score (nSPS) is 7.71. The van der Waals surface area contributed by atoms with Gasteiger partial charge in [0.2, 0.25) is 0 Å². The molecule has 1 rings (SSSR count). The van der Waals surface area contributed by atoms with Gasteiger partial charge in [-0.2, -0.15) is 3.75 Å². The van der Waals surface area contributed by atoms with E-state index >= 15 is 0 Å². The summed E-state index contributed by atoms with van der Waals surface area (Å²) in [5.74, 6) is 0. The van der Waals surface area contributed by atoms with Crippen LogP contribution in [0.2, 0.25) is 0 Å². The maximum absolute atomic E-state index is 9.29. The minimum Gasteiger partial charge on any atom is -0.735 e. The van der Waals surface area contributed by atoms with Gasteiger partial charge in [0, 0.05) is 16.1 Å². The zero-order valence-electron chi connectivity index (χ0n) is 9.40. The monoisotopic (exact) mass is 343 g/mol. The van der Waals surface area contributed by atoms with E-state index in [1.165, 1.54) is 9.31 Å². The van der Waals surface area contributed by atoms with E-state index in [0.717, 1.165) is 0 Å². The molecule has 10 heteroatoms. The van der Waals surface area contributed by atoms with Crippen molar-refractivity contribution in [1.29, 1.82) is 0 Å². The summed E-state index contributed by atoms with van der Waals surface area (Å²) in [5, 5.41) is 0. The summed E-state index contributed by atoms with van der Waals surface area (Å²) in [6.07, 6.45) is 0. The number of rotatable bonds is 1. The summed E-state index contributed by atoms with van der Waals surface area (Å²) in [4.78, 5) is 0. The summed E-state index contributed by atoms with van der Waals surface area (Å²) < 4.78 is 29.2. The molecule has 7 N–H and O–H groups in total. The van der Waals surface area contributed by atoms with Crippen molar-refractivity contribution in [1.82, 2.24) is 3.75 Å². The minimum absolute atomic E-state index is 0. The molecule has 0 aliphatic carbocycles. The molecule has 0 atom stereocenters. The molecule has 1 aromatic carbocycles. The number of nitrogens with one attached hydrogen (secondary N) is 1. The van der Waals surface area contributed by atoms with Crippen LogP contribution < -0.4 is 33.3 Å². The van der Waals surface area contributed by atoms with Crippen LogP contribution >= 0.6 is 16.1 Å². The summed E-state index contributed by atoms with van der Waals surface area (Å²) in [7, 11) is -4.25. The van der Waals surface area contributed by atoms with Gasteiger partial charge in [-0.05, 0) is 6.92 Å². The van der Waals surface area contributed by atoms with Crippen molar-refractivity contribution in [3.05, 3.63) is 35.9 Å². The standard InChI is InChI=1S/C7H8.BrH2NO3S.Na.3H2O/c1-7-5-3-2-4-6-7;1-2-6(3,4)5;;;;/h2-6H,1H3;2H,(H,3,4,5);;3*1H2/q;;+1;;;/p-1. The van der Waals surface area contributed by atoms with Gasteiger partial charge in [0.15, 0.2) is 10.3 Å². The Bertz CT molecular complexity index is 335. The van der Waals surface area contributed by atoms with Gasteiger partial charge in [0.05, 0.1) is 0 Å². The van der Waals surface area contributed by atoms with E-state index in [0.29, 0.717) is 0 Å². The fourth-order valence-electron chi connectivity index (χ4n) is 0.534. The first-order valence-corrected chi connectivity index (χ1v) is 5.51. The average molecular weight is 344 g/mol. The fraction of sp³-hybridized carbons (Fsp3) is 0.143. The van der Waals surface area contributed by atoms with E-state index in [1.807, 2.05) is 18.2 Å². The zero-order valence-corrected chi connectivity index (χ0v) is 13.8. The van der Waals surface area contributed by atoms with Crippen LogP contribution in [-0.4, -0.2) is 29.4 Å². The predicted octanol–water partition coefficient (Wildman–Crippen LogP) is -4.13. The van der Waals surface area contributed by atoms with Gasteiger partial charge in [-0.3, -0.25) is 0 Å². The van der Waals surface area contributed by atoms with Crippen LogP contribution in [0.15, 0.2) is 30.3 Å². The van der Waals surface area contributed by atoms with Crippen LogP contribution in [0.25, 0.3) is 0 Å². The summed E-state index contributed by atoms with van der Waals surface area (Å²) in [6.45, 7) is 2.08. The Hall–Kier alpha value is 0.450. The van der Waals surface area contributed by atoms with E-state index in [-0.39, 0.29) is 46.0 Å². The molecule has 0 radical (unpaired) electrons. The van der Waals surface area contributed by atoms with Crippen LogP contribution in [-0.2, 0) is 10.3 Å². The molecular weight excluding hydrogens is 329 g/mol. The molecule has 0 spiro atoms. The second kappa shape index (κ2) is 16.4. The van der Waals surface area contributed by atoms with E-state index in [4.69, 9.17) is 0 Å². The molecule has 0 unspecified atom stereocenters. The van der Waals surface area contributed by atoms with Crippen molar-refractivity contribution in [2.75, 3.05) is 0 Å². The maximum atomic E-state index is 9.29. The quantitative estimate of drug-likeness (QED) is 0.311. The molecule has 0 saturated heterocycles. The zero-order chi connectivity index (χ0) is 10.3. The van der Waals surface area contributed by atoms with E-state index in [1.54, 1.807) is 0 Å². The van der Waals surface area contributed by atoms with E-state index < -0.39 is 10.3 Å². The molecule has 0 amide bonds. The van der Waals surface area contributed by atoms with Gasteiger partial charge in [0.1, 0.15) is 0 Å². The molecule has 7 nitrogen and oxygen atoms in total. The fourth-order valence-corrected chi connectivity index (χ4v) is 0.534. The Labute approximate surface area is 131 Å². The van der Waals surface area contributed by atoms with Crippen molar-refractivity contribution >= 4 is 26.5 Å². The van der Waals surface area contributed by atoms with Gasteiger partial charge in [-0.15, -0.1) is 0 Å². The predicted molar refractivity (Wildman–Crippen MR) is 63.8 cm³/mol. The second-order valence-corrected chi connectivity index (χ2v) is 4.22. The van der Waals surface area contributed by atoms with E-state index in [2.05, 4.69) is 35.2 Å². The number of benzene rings is 1. The molecule has 98 valence electrons. The summed E-state index contributed by atoms with van der Waals surface area (Å²) >= 11 is 2.22. The maximum Gasteiger partial charge on any atom is 1.00 e. The number of hydrogen-bond donors (Lipinski definition) is 1. The third kappa shape index (κ3) is 26.2. The second-order valence-electron chi connectivity index (χ2n) is 2.19. The van der Waals surface area contributed by atoms with Crippen molar-refractivity contribution in [3.63, 3.8) is 0 Å². The Morgan fingerprint density at radius 1 is 1.12 bits per heavy atom. The van der Waals surface area contributed by atoms with Crippen LogP contribution in [0.5, 0.6) is 0 Å². The van der Waals surface area contributed by atoms with Gasteiger partial charge in [0.25, 0.3) is 0 Å². The van der Waals surface area contributed by atoms with Crippen LogP contribution in [0.4, 0.5) is 0 Å². The molecule has 0 aliphatic heterocycles. The van der Waals surface area contributed by atoms with Crippen molar-refractivity contribution in [3.8, 4) is 0 Å². The number of halogens is 1. The van der Waals surface area contributed by atoms with Crippen LogP contribution in [0.3, 0.4) is 0 Å². The topological polar surface area (TPSA) is 164 Å². The van der Waals surface area contributed by atoms with Crippen molar-refractivity contribution in [2.24, 2.45) is 0 Å². The SMILES string of the molecule is Cc1ccccc1.O.O.O.O=S(=O)([O-])NBr.[Na+]. The summed E-state index contributed by atoms with van der Waals surface area (Å²) in [6, 6.07) is 10.3. The Kier molecular flexibility index (Phi) is 29.5. The molecule has 0 bridgehead atoms.